The molecule has 150 valence electrons. The predicted octanol–water partition coefficient (Wildman–Crippen LogP) is 0.698. The Kier molecular flexibility index (Phi) is 6.15. The van der Waals surface area contributed by atoms with Crippen LogP contribution in [0.2, 0.25) is 0 Å². The lowest BCUT2D eigenvalue weighted by Crippen LogP contribution is -2.53. The van der Waals surface area contributed by atoms with Crippen molar-refractivity contribution in [2.24, 2.45) is 4.99 Å². The van der Waals surface area contributed by atoms with Crippen LogP contribution in [0.1, 0.15) is 6.42 Å². The average Bonchev–Trinajstić information content (AvgIpc) is 2.99. The second-order valence-electron chi connectivity index (χ2n) is 6.61. The molecule has 2 heterocycles. The maximum Gasteiger partial charge on any atom is 0.214 e. The number of rotatable bonds is 4. The largest absolute Gasteiger partial charge is 0.366 e. The first-order chi connectivity index (χ1) is 12.9. The Bertz CT molecular complexity index is 795. The zero-order chi connectivity index (χ0) is 19.4. The minimum Gasteiger partial charge on any atom is -0.366 e. The van der Waals surface area contributed by atoms with Crippen molar-refractivity contribution in [2.75, 3.05) is 63.5 Å². The van der Waals surface area contributed by atoms with Crippen LogP contribution in [0.3, 0.4) is 0 Å². The summed E-state index contributed by atoms with van der Waals surface area (Å²) in [5.74, 6) is 0.0219. The number of nitrogens with zero attached hydrogens (tertiary/aromatic N) is 4. The maximum atomic E-state index is 13.9. The van der Waals surface area contributed by atoms with E-state index in [1.165, 1.54) is 10.4 Å². The molecule has 2 aliphatic rings. The Balaban J connectivity index is 1.51. The van der Waals surface area contributed by atoms with Crippen molar-refractivity contribution in [1.29, 1.82) is 0 Å². The van der Waals surface area contributed by atoms with Gasteiger partial charge in [-0.25, -0.2) is 21.5 Å². The lowest BCUT2D eigenvalue weighted by molar-refractivity contribution is 0.367. The van der Waals surface area contributed by atoms with Gasteiger partial charge in [-0.2, -0.15) is 0 Å². The number of piperazine rings is 1. The quantitative estimate of drug-likeness (QED) is 0.594. The molecule has 0 unspecified atom stereocenters. The first-order valence-electron chi connectivity index (χ1n) is 9.04. The van der Waals surface area contributed by atoms with E-state index in [1.54, 1.807) is 7.05 Å². The highest BCUT2D eigenvalue weighted by Gasteiger charge is 2.28. The topological polar surface area (TPSA) is 68.2 Å². The van der Waals surface area contributed by atoms with Crippen molar-refractivity contribution in [3.05, 3.63) is 29.8 Å². The summed E-state index contributed by atoms with van der Waals surface area (Å²) in [7, 11) is -1.42. The Labute approximate surface area is 158 Å². The van der Waals surface area contributed by atoms with E-state index in [-0.39, 0.29) is 11.4 Å². The second-order valence-corrected chi connectivity index (χ2v) is 8.70. The van der Waals surface area contributed by atoms with E-state index in [1.807, 2.05) is 9.80 Å². The lowest BCUT2D eigenvalue weighted by atomic mass is 10.2. The molecule has 10 heteroatoms. The van der Waals surface area contributed by atoms with Gasteiger partial charge in [-0.1, -0.05) is 0 Å². The fourth-order valence-electron chi connectivity index (χ4n) is 3.45. The van der Waals surface area contributed by atoms with Crippen LogP contribution in [0.25, 0.3) is 0 Å². The number of benzene rings is 1. The van der Waals surface area contributed by atoms with Crippen molar-refractivity contribution in [1.82, 2.24) is 14.5 Å². The third kappa shape index (κ3) is 4.67. The summed E-state index contributed by atoms with van der Waals surface area (Å²) in [5.41, 5.74) is 0.275. The second kappa shape index (κ2) is 8.39. The van der Waals surface area contributed by atoms with Gasteiger partial charge >= 0.3 is 0 Å². The first-order valence-corrected chi connectivity index (χ1v) is 10.6. The van der Waals surface area contributed by atoms with Crippen LogP contribution >= 0.6 is 0 Å². The number of sulfonamides is 1. The Morgan fingerprint density at radius 3 is 2.56 bits per heavy atom. The average molecular weight is 401 g/mol. The molecule has 0 aromatic heterocycles. The summed E-state index contributed by atoms with van der Waals surface area (Å²) in [6.45, 7) is 3.76. The molecule has 2 aliphatic heterocycles. The number of nitrogens with one attached hydrogen (secondary N) is 1. The van der Waals surface area contributed by atoms with Gasteiger partial charge in [-0.15, -0.1) is 0 Å². The molecule has 27 heavy (non-hydrogen) atoms. The third-order valence-corrected chi connectivity index (χ3v) is 6.84. The fourth-order valence-corrected chi connectivity index (χ4v) is 4.98. The van der Waals surface area contributed by atoms with E-state index >= 15 is 0 Å². The first kappa shape index (κ1) is 19.8. The number of hydrogen-bond donors (Lipinski definition) is 1. The molecule has 0 bridgehead atoms. The van der Waals surface area contributed by atoms with Crippen LogP contribution in [0.4, 0.5) is 14.5 Å². The molecule has 0 radical (unpaired) electrons. The summed E-state index contributed by atoms with van der Waals surface area (Å²) in [5, 5.41) is 3.20. The molecule has 0 spiro atoms. The van der Waals surface area contributed by atoms with E-state index in [0.29, 0.717) is 58.2 Å². The minimum absolute atomic E-state index is 0.223. The van der Waals surface area contributed by atoms with Gasteiger partial charge in [0.15, 0.2) is 5.96 Å². The Hall–Kier alpha value is -1.94. The SMILES string of the molecule is CN=C(NCCN1CCCS1(=O)=O)N1CCN(c2cc(F)ccc2F)CC1. The molecule has 0 amide bonds. The van der Waals surface area contributed by atoms with Crippen LogP contribution < -0.4 is 10.2 Å². The van der Waals surface area contributed by atoms with Gasteiger partial charge in [0.25, 0.3) is 0 Å². The number of guanidine groups is 1. The number of halogens is 2. The fraction of sp³-hybridized carbons (Fsp3) is 0.588. The zero-order valence-corrected chi connectivity index (χ0v) is 16.2. The monoisotopic (exact) mass is 401 g/mol. The molecule has 1 N–H and O–H groups in total. The highest BCUT2D eigenvalue weighted by atomic mass is 32.2. The van der Waals surface area contributed by atoms with E-state index in [0.717, 1.165) is 12.1 Å². The molecule has 2 fully saturated rings. The summed E-state index contributed by atoms with van der Waals surface area (Å²) in [6.07, 6.45) is 0.676. The Morgan fingerprint density at radius 1 is 1.19 bits per heavy atom. The van der Waals surface area contributed by atoms with Gasteiger partial charge in [0.2, 0.25) is 10.0 Å². The molecule has 2 saturated heterocycles. The van der Waals surface area contributed by atoms with Crippen LogP contribution in [0.15, 0.2) is 23.2 Å². The van der Waals surface area contributed by atoms with Crippen molar-refractivity contribution in [3.63, 3.8) is 0 Å². The van der Waals surface area contributed by atoms with Crippen LogP contribution in [0.5, 0.6) is 0 Å². The molecular weight excluding hydrogens is 376 g/mol. The van der Waals surface area contributed by atoms with Gasteiger partial charge in [0, 0.05) is 58.9 Å². The van der Waals surface area contributed by atoms with Crippen molar-refractivity contribution >= 4 is 21.7 Å². The van der Waals surface area contributed by atoms with Crippen LogP contribution in [0, 0.1) is 11.6 Å². The summed E-state index contributed by atoms with van der Waals surface area (Å²) in [4.78, 5) is 8.10. The molecule has 0 atom stereocenters. The summed E-state index contributed by atoms with van der Waals surface area (Å²) >= 11 is 0. The highest BCUT2D eigenvalue weighted by Crippen LogP contribution is 2.22. The Morgan fingerprint density at radius 2 is 1.93 bits per heavy atom. The van der Waals surface area contributed by atoms with Crippen molar-refractivity contribution in [3.8, 4) is 0 Å². The predicted molar refractivity (Wildman–Crippen MR) is 101 cm³/mol. The van der Waals surface area contributed by atoms with Gasteiger partial charge < -0.3 is 15.1 Å². The molecule has 3 rings (SSSR count). The third-order valence-electron chi connectivity index (χ3n) is 4.89. The molecule has 0 saturated carbocycles. The van der Waals surface area contributed by atoms with E-state index < -0.39 is 21.7 Å². The van der Waals surface area contributed by atoms with Crippen molar-refractivity contribution in [2.45, 2.75) is 6.42 Å². The van der Waals surface area contributed by atoms with E-state index in [2.05, 4.69) is 10.3 Å². The smallest absolute Gasteiger partial charge is 0.214 e. The summed E-state index contributed by atoms with van der Waals surface area (Å²) < 4.78 is 52.5. The van der Waals surface area contributed by atoms with E-state index in [9.17, 15) is 17.2 Å². The molecule has 1 aromatic rings. The summed E-state index contributed by atoms with van der Waals surface area (Å²) in [6, 6.07) is 3.47. The molecule has 7 nitrogen and oxygen atoms in total. The lowest BCUT2D eigenvalue weighted by Gasteiger charge is -2.37. The van der Waals surface area contributed by atoms with Gasteiger partial charge in [-0.05, 0) is 18.6 Å². The van der Waals surface area contributed by atoms with Crippen LogP contribution in [-0.4, -0.2) is 82.2 Å². The highest BCUT2D eigenvalue weighted by molar-refractivity contribution is 7.89. The number of aliphatic imine (C=N–C) groups is 1. The number of hydrogen-bond acceptors (Lipinski definition) is 4. The normalized spacial score (nSPS) is 20.9. The molecular formula is C17H25F2N5O2S. The van der Waals surface area contributed by atoms with Crippen molar-refractivity contribution < 1.29 is 17.2 Å². The van der Waals surface area contributed by atoms with E-state index in [4.69, 9.17) is 0 Å². The zero-order valence-electron chi connectivity index (χ0n) is 15.4. The van der Waals surface area contributed by atoms with Crippen LogP contribution in [-0.2, 0) is 10.0 Å². The molecule has 1 aromatic carbocycles. The standard InChI is InChI=1S/C17H25F2N5O2S/c1-20-17(21-5-7-24-6-2-12-27(24,25)26)23-10-8-22(9-11-23)16-13-14(18)3-4-15(16)19/h3-4,13H,2,5-12H2,1H3,(H,20,21). The minimum atomic E-state index is -3.10. The van der Waals surface area contributed by atoms with Gasteiger partial charge in [0.1, 0.15) is 11.6 Å². The van der Waals surface area contributed by atoms with Gasteiger partial charge in [-0.3, -0.25) is 4.99 Å². The van der Waals surface area contributed by atoms with Gasteiger partial charge in [0.05, 0.1) is 11.4 Å². The molecule has 0 aliphatic carbocycles. The maximum absolute atomic E-state index is 13.9. The number of anilines is 1.